The molecule has 152 valence electrons. The molecule has 1 amide bonds. The average molecular weight is 386 g/mol. The molecule has 0 N–H and O–H groups in total. The van der Waals surface area contributed by atoms with E-state index < -0.39 is 6.10 Å². The summed E-state index contributed by atoms with van der Waals surface area (Å²) in [6.45, 7) is 8.21. The summed E-state index contributed by atoms with van der Waals surface area (Å²) in [6.07, 6.45) is 5.45. The molecule has 0 fully saturated rings. The zero-order valence-corrected chi connectivity index (χ0v) is 17.4. The van der Waals surface area contributed by atoms with E-state index in [0.717, 1.165) is 18.6 Å². The van der Waals surface area contributed by atoms with Gasteiger partial charge in [-0.3, -0.25) is 4.79 Å². The van der Waals surface area contributed by atoms with E-state index in [1.54, 1.807) is 4.90 Å². The number of ether oxygens (including phenoxy) is 1. The molecule has 0 radical (unpaired) electrons. The van der Waals surface area contributed by atoms with Crippen molar-refractivity contribution in [3.8, 4) is 5.75 Å². The maximum Gasteiger partial charge on any atom is 0.264 e. The van der Waals surface area contributed by atoms with E-state index in [2.05, 4.69) is 22.3 Å². The van der Waals surface area contributed by atoms with E-state index in [0.29, 0.717) is 31.2 Å². The number of aryl methyl sites for hydroxylation is 3. The predicted octanol–water partition coefficient (Wildman–Crippen LogP) is 4.11. The second kappa shape index (κ2) is 9.22. The second-order valence-electron chi connectivity index (χ2n) is 7.66. The zero-order chi connectivity index (χ0) is 20.1. The summed E-state index contributed by atoms with van der Waals surface area (Å²) in [7, 11) is 0. The minimum absolute atomic E-state index is 0.00524. The number of carbonyl (C=O) groups is 1. The third kappa shape index (κ3) is 4.72. The molecular weight excluding hydrogens is 354 g/mol. The normalized spacial score (nSPS) is 14.6. The molecule has 0 aliphatic heterocycles. The van der Waals surface area contributed by atoms with Crippen molar-refractivity contribution in [3.63, 3.8) is 0 Å². The van der Waals surface area contributed by atoms with Crippen LogP contribution in [0.1, 0.15) is 69.9 Å². The number of carbonyl (C=O) groups excluding carboxylic acids is 1. The fourth-order valence-corrected chi connectivity index (χ4v) is 3.60. The number of fused-ring (bicyclic) bond motifs is 1. The molecule has 1 aliphatic carbocycles. The standard InChI is InChI=1S/C22H31N3O3/c1-5-19(27-18-12-11-16-9-7-8-10-17(16)13-18)22(26)25(15(3)4)14-21-24-23-20(6-2)28-21/h11-13,15,19H,5-10,14H2,1-4H3/t19-/m1/s1. The Morgan fingerprint density at radius 3 is 2.50 bits per heavy atom. The smallest absolute Gasteiger partial charge is 0.264 e. The highest BCUT2D eigenvalue weighted by Crippen LogP contribution is 2.26. The van der Waals surface area contributed by atoms with Crippen molar-refractivity contribution in [2.24, 2.45) is 0 Å². The first-order chi connectivity index (χ1) is 13.5. The lowest BCUT2D eigenvalue weighted by atomic mass is 9.92. The summed E-state index contributed by atoms with van der Waals surface area (Å²) in [5.41, 5.74) is 2.76. The van der Waals surface area contributed by atoms with E-state index >= 15 is 0 Å². The summed E-state index contributed by atoms with van der Waals surface area (Å²) in [5, 5.41) is 8.05. The molecule has 2 aromatic rings. The van der Waals surface area contributed by atoms with Gasteiger partial charge in [0, 0.05) is 12.5 Å². The first-order valence-electron chi connectivity index (χ1n) is 10.4. The highest BCUT2D eigenvalue weighted by molar-refractivity contribution is 5.81. The lowest BCUT2D eigenvalue weighted by molar-refractivity contribution is -0.141. The molecule has 1 aromatic heterocycles. The van der Waals surface area contributed by atoms with Crippen LogP contribution in [-0.2, 0) is 30.6 Å². The van der Waals surface area contributed by atoms with Crippen molar-refractivity contribution in [1.82, 2.24) is 15.1 Å². The minimum atomic E-state index is -0.530. The van der Waals surface area contributed by atoms with Crippen molar-refractivity contribution in [1.29, 1.82) is 0 Å². The molecule has 1 heterocycles. The average Bonchev–Trinajstić information content (AvgIpc) is 3.17. The van der Waals surface area contributed by atoms with Gasteiger partial charge in [0.05, 0.1) is 6.54 Å². The third-order valence-electron chi connectivity index (χ3n) is 5.27. The summed E-state index contributed by atoms with van der Waals surface area (Å²) in [6, 6.07) is 6.25. The van der Waals surface area contributed by atoms with Gasteiger partial charge in [0.2, 0.25) is 11.8 Å². The van der Waals surface area contributed by atoms with Crippen LogP contribution in [0.25, 0.3) is 0 Å². The summed E-state index contributed by atoms with van der Waals surface area (Å²) in [4.78, 5) is 15.0. The molecular formula is C22H31N3O3. The van der Waals surface area contributed by atoms with Crippen LogP contribution >= 0.6 is 0 Å². The SMILES string of the molecule is CCc1nnc(CN(C(=O)[C@@H](CC)Oc2ccc3c(c2)CCCC3)C(C)C)o1. The molecule has 0 saturated carbocycles. The molecule has 28 heavy (non-hydrogen) atoms. The lowest BCUT2D eigenvalue weighted by Crippen LogP contribution is -2.45. The van der Waals surface area contributed by atoms with Gasteiger partial charge in [-0.25, -0.2) is 0 Å². The van der Waals surface area contributed by atoms with Crippen LogP contribution in [-0.4, -0.2) is 33.2 Å². The van der Waals surface area contributed by atoms with Crippen molar-refractivity contribution >= 4 is 5.91 Å². The topological polar surface area (TPSA) is 68.5 Å². The van der Waals surface area contributed by atoms with Crippen molar-refractivity contribution in [3.05, 3.63) is 41.1 Å². The highest BCUT2D eigenvalue weighted by Gasteiger charge is 2.28. The number of hydrogen-bond acceptors (Lipinski definition) is 5. The monoisotopic (exact) mass is 385 g/mol. The number of benzene rings is 1. The minimum Gasteiger partial charge on any atom is -0.481 e. The van der Waals surface area contributed by atoms with Gasteiger partial charge in [-0.15, -0.1) is 10.2 Å². The van der Waals surface area contributed by atoms with Gasteiger partial charge < -0.3 is 14.1 Å². The first-order valence-corrected chi connectivity index (χ1v) is 10.4. The molecule has 0 bridgehead atoms. The zero-order valence-electron chi connectivity index (χ0n) is 17.4. The molecule has 1 aliphatic rings. The number of hydrogen-bond donors (Lipinski definition) is 0. The maximum atomic E-state index is 13.2. The van der Waals surface area contributed by atoms with Gasteiger partial charge in [-0.1, -0.05) is 19.9 Å². The Labute approximate surface area is 167 Å². The summed E-state index contributed by atoms with van der Waals surface area (Å²) in [5.74, 6) is 1.77. The van der Waals surface area contributed by atoms with Crippen molar-refractivity contribution in [2.75, 3.05) is 0 Å². The van der Waals surface area contributed by atoms with E-state index in [9.17, 15) is 4.79 Å². The van der Waals surface area contributed by atoms with E-state index in [1.165, 1.54) is 24.0 Å². The Morgan fingerprint density at radius 2 is 1.86 bits per heavy atom. The van der Waals surface area contributed by atoms with Gasteiger partial charge in [-0.2, -0.15) is 0 Å². The van der Waals surface area contributed by atoms with Crippen molar-refractivity contribution < 1.29 is 13.9 Å². The summed E-state index contributed by atoms with van der Waals surface area (Å²) >= 11 is 0. The van der Waals surface area contributed by atoms with Gasteiger partial charge in [0.1, 0.15) is 5.75 Å². The van der Waals surface area contributed by atoms with E-state index in [1.807, 2.05) is 33.8 Å². The molecule has 6 nitrogen and oxygen atoms in total. The van der Waals surface area contributed by atoms with Gasteiger partial charge in [-0.05, 0) is 69.2 Å². The van der Waals surface area contributed by atoms with Crippen LogP contribution in [0.5, 0.6) is 5.75 Å². The first kappa shape index (κ1) is 20.4. The van der Waals surface area contributed by atoms with Gasteiger partial charge in [0.15, 0.2) is 6.10 Å². The molecule has 1 aromatic carbocycles. The van der Waals surface area contributed by atoms with Crippen LogP contribution in [0.2, 0.25) is 0 Å². The Hall–Kier alpha value is -2.37. The quantitative estimate of drug-likeness (QED) is 0.684. The summed E-state index contributed by atoms with van der Waals surface area (Å²) < 4.78 is 11.7. The third-order valence-corrected chi connectivity index (χ3v) is 5.27. The number of amides is 1. The van der Waals surface area contributed by atoms with Crippen LogP contribution in [0.15, 0.2) is 22.6 Å². The number of rotatable bonds is 8. The predicted molar refractivity (Wildman–Crippen MR) is 107 cm³/mol. The molecule has 0 spiro atoms. The Kier molecular flexibility index (Phi) is 6.70. The fourth-order valence-electron chi connectivity index (χ4n) is 3.60. The van der Waals surface area contributed by atoms with Crippen LogP contribution in [0.4, 0.5) is 0 Å². The molecule has 0 unspecified atom stereocenters. The van der Waals surface area contributed by atoms with Crippen LogP contribution in [0, 0.1) is 0 Å². The Bertz CT molecular complexity index is 800. The van der Waals surface area contributed by atoms with Crippen LogP contribution in [0.3, 0.4) is 0 Å². The fraction of sp³-hybridized carbons (Fsp3) is 0.591. The largest absolute Gasteiger partial charge is 0.481 e. The second-order valence-corrected chi connectivity index (χ2v) is 7.66. The van der Waals surface area contributed by atoms with Gasteiger partial charge in [0.25, 0.3) is 5.91 Å². The maximum absolute atomic E-state index is 13.2. The number of aromatic nitrogens is 2. The molecule has 0 saturated heterocycles. The molecule has 6 heteroatoms. The van der Waals surface area contributed by atoms with Crippen LogP contribution < -0.4 is 4.74 Å². The van der Waals surface area contributed by atoms with E-state index in [4.69, 9.17) is 9.15 Å². The lowest BCUT2D eigenvalue weighted by Gasteiger charge is -2.29. The van der Waals surface area contributed by atoms with Crippen molar-refractivity contribution in [2.45, 2.75) is 84.9 Å². The Balaban J connectivity index is 1.72. The molecule has 1 atom stereocenters. The van der Waals surface area contributed by atoms with Gasteiger partial charge >= 0.3 is 0 Å². The number of nitrogens with zero attached hydrogens (tertiary/aromatic N) is 3. The highest BCUT2D eigenvalue weighted by atomic mass is 16.5. The van der Waals surface area contributed by atoms with E-state index in [-0.39, 0.29) is 11.9 Å². The Morgan fingerprint density at radius 1 is 1.14 bits per heavy atom. The molecule has 3 rings (SSSR count).